The van der Waals surface area contributed by atoms with E-state index in [1.807, 2.05) is 0 Å². The molecule has 2 rings (SSSR count). The molecule has 124 valence electrons. The second-order valence-electron chi connectivity index (χ2n) is 7.50. The van der Waals surface area contributed by atoms with Crippen LogP contribution in [0.3, 0.4) is 0 Å². The van der Waals surface area contributed by atoms with Gasteiger partial charge < -0.3 is 10.6 Å². The molecule has 1 heterocycles. The number of nitrogens with zero attached hydrogens (tertiary/aromatic N) is 2. The van der Waals surface area contributed by atoms with Crippen molar-refractivity contribution in [3.05, 3.63) is 0 Å². The van der Waals surface area contributed by atoms with Gasteiger partial charge in [-0.05, 0) is 90.0 Å². The van der Waals surface area contributed by atoms with Gasteiger partial charge in [-0.2, -0.15) is 0 Å². The highest BCUT2D eigenvalue weighted by molar-refractivity contribution is 4.95. The smallest absolute Gasteiger partial charge is 0.0331 e. The standard InChI is InChI=1S/C18H37N3/c1-3-11-21(15-6-14-20-12-4-5-13-20)18(16-19)9-7-17(2)8-10-18/h17H,3-16,19H2,1-2H3. The molecule has 1 aliphatic heterocycles. The highest BCUT2D eigenvalue weighted by Crippen LogP contribution is 2.36. The molecule has 1 aliphatic carbocycles. The zero-order chi connectivity index (χ0) is 15.1. The number of rotatable bonds is 8. The molecule has 2 aliphatic rings. The maximum Gasteiger partial charge on any atom is 0.0331 e. The Morgan fingerprint density at radius 3 is 2.38 bits per heavy atom. The zero-order valence-electron chi connectivity index (χ0n) is 14.4. The fourth-order valence-electron chi connectivity index (χ4n) is 4.30. The summed E-state index contributed by atoms with van der Waals surface area (Å²) < 4.78 is 0. The lowest BCUT2D eigenvalue weighted by atomic mass is 9.76. The molecule has 0 aromatic carbocycles. The minimum Gasteiger partial charge on any atom is -0.329 e. The van der Waals surface area contributed by atoms with Crippen molar-refractivity contribution < 1.29 is 0 Å². The summed E-state index contributed by atoms with van der Waals surface area (Å²) in [5.41, 5.74) is 6.57. The molecule has 0 aromatic rings. The molecule has 0 atom stereocenters. The SMILES string of the molecule is CCCN(CCCN1CCCC1)C1(CN)CCC(C)CC1. The molecule has 1 saturated heterocycles. The van der Waals surface area contributed by atoms with Crippen molar-refractivity contribution in [3.8, 4) is 0 Å². The molecule has 3 heteroatoms. The summed E-state index contributed by atoms with van der Waals surface area (Å²) in [4.78, 5) is 5.40. The monoisotopic (exact) mass is 295 g/mol. The van der Waals surface area contributed by atoms with E-state index in [4.69, 9.17) is 5.73 Å². The van der Waals surface area contributed by atoms with Gasteiger partial charge in [0.25, 0.3) is 0 Å². The van der Waals surface area contributed by atoms with E-state index in [0.29, 0.717) is 5.54 Å². The number of nitrogens with two attached hydrogens (primary N) is 1. The van der Waals surface area contributed by atoms with Gasteiger partial charge in [-0.1, -0.05) is 13.8 Å². The van der Waals surface area contributed by atoms with Crippen LogP contribution < -0.4 is 5.73 Å². The number of hydrogen-bond acceptors (Lipinski definition) is 3. The topological polar surface area (TPSA) is 32.5 Å². The maximum atomic E-state index is 6.26. The van der Waals surface area contributed by atoms with Crippen LogP contribution in [0.2, 0.25) is 0 Å². The van der Waals surface area contributed by atoms with Crippen LogP contribution >= 0.6 is 0 Å². The second-order valence-corrected chi connectivity index (χ2v) is 7.50. The van der Waals surface area contributed by atoms with Crippen LogP contribution in [0.15, 0.2) is 0 Å². The summed E-state index contributed by atoms with van der Waals surface area (Å²) in [6.07, 6.45) is 10.7. The summed E-state index contributed by atoms with van der Waals surface area (Å²) >= 11 is 0. The van der Waals surface area contributed by atoms with Crippen LogP contribution in [0.4, 0.5) is 0 Å². The van der Waals surface area contributed by atoms with Crippen molar-refractivity contribution in [1.82, 2.24) is 9.80 Å². The van der Waals surface area contributed by atoms with Gasteiger partial charge in [-0.15, -0.1) is 0 Å². The van der Waals surface area contributed by atoms with Crippen LogP contribution in [0.5, 0.6) is 0 Å². The molecule has 0 spiro atoms. The van der Waals surface area contributed by atoms with Gasteiger partial charge in [-0.3, -0.25) is 4.90 Å². The van der Waals surface area contributed by atoms with Gasteiger partial charge in [0, 0.05) is 12.1 Å². The number of hydrogen-bond donors (Lipinski definition) is 1. The van der Waals surface area contributed by atoms with E-state index in [2.05, 4.69) is 23.6 Å². The van der Waals surface area contributed by atoms with E-state index in [0.717, 1.165) is 12.5 Å². The van der Waals surface area contributed by atoms with Crippen molar-refractivity contribution in [2.24, 2.45) is 11.7 Å². The Kier molecular flexibility index (Phi) is 6.97. The predicted molar refractivity (Wildman–Crippen MR) is 91.6 cm³/mol. The Hall–Kier alpha value is -0.120. The summed E-state index contributed by atoms with van der Waals surface area (Å²) in [6.45, 7) is 12.0. The van der Waals surface area contributed by atoms with Crippen molar-refractivity contribution >= 4 is 0 Å². The zero-order valence-corrected chi connectivity index (χ0v) is 14.4. The fraction of sp³-hybridized carbons (Fsp3) is 1.00. The van der Waals surface area contributed by atoms with E-state index < -0.39 is 0 Å². The van der Waals surface area contributed by atoms with Gasteiger partial charge in [0.2, 0.25) is 0 Å². The van der Waals surface area contributed by atoms with Crippen molar-refractivity contribution in [3.63, 3.8) is 0 Å². The molecule has 3 nitrogen and oxygen atoms in total. The third-order valence-electron chi connectivity index (χ3n) is 5.85. The first-order valence-electron chi connectivity index (χ1n) is 9.37. The summed E-state index contributed by atoms with van der Waals surface area (Å²) in [6, 6.07) is 0. The van der Waals surface area contributed by atoms with E-state index in [1.165, 1.54) is 84.1 Å². The van der Waals surface area contributed by atoms with Crippen molar-refractivity contribution in [2.45, 2.75) is 70.8 Å². The normalized spacial score (nSPS) is 31.1. The fourth-order valence-corrected chi connectivity index (χ4v) is 4.30. The van der Waals surface area contributed by atoms with E-state index in [9.17, 15) is 0 Å². The Morgan fingerprint density at radius 1 is 1.14 bits per heavy atom. The van der Waals surface area contributed by atoms with Gasteiger partial charge in [0.05, 0.1) is 0 Å². The number of likely N-dealkylation sites (tertiary alicyclic amines) is 1. The first-order valence-corrected chi connectivity index (χ1v) is 9.37. The Labute approximate surface area is 132 Å². The van der Waals surface area contributed by atoms with E-state index in [1.54, 1.807) is 0 Å². The minimum atomic E-state index is 0.313. The summed E-state index contributed by atoms with van der Waals surface area (Å²) in [5.74, 6) is 0.901. The summed E-state index contributed by atoms with van der Waals surface area (Å²) in [7, 11) is 0. The third-order valence-corrected chi connectivity index (χ3v) is 5.85. The molecule has 2 fully saturated rings. The Bertz CT molecular complexity index is 278. The Balaban J connectivity index is 1.85. The second kappa shape index (κ2) is 8.50. The van der Waals surface area contributed by atoms with E-state index in [-0.39, 0.29) is 0 Å². The van der Waals surface area contributed by atoms with Gasteiger partial charge >= 0.3 is 0 Å². The molecular weight excluding hydrogens is 258 g/mol. The third kappa shape index (κ3) is 4.67. The summed E-state index contributed by atoms with van der Waals surface area (Å²) in [5, 5.41) is 0. The molecule has 0 radical (unpaired) electrons. The first-order chi connectivity index (χ1) is 10.2. The van der Waals surface area contributed by atoms with Crippen molar-refractivity contribution in [2.75, 3.05) is 39.3 Å². The molecule has 0 unspecified atom stereocenters. The van der Waals surface area contributed by atoms with Crippen LogP contribution in [-0.4, -0.2) is 54.6 Å². The molecule has 0 bridgehead atoms. The minimum absolute atomic E-state index is 0.313. The average Bonchev–Trinajstić information content (AvgIpc) is 3.01. The van der Waals surface area contributed by atoms with Crippen molar-refractivity contribution in [1.29, 1.82) is 0 Å². The molecule has 1 saturated carbocycles. The lowest BCUT2D eigenvalue weighted by Crippen LogP contribution is -2.56. The lowest BCUT2D eigenvalue weighted by Gasteiger charge is -2.47. The van der Waals surface area contributed by atoms with Crippen LogP contribution in [0.1, 0.15) is 65.2 Å². The Morgan fingerprint density at radius 2 is 1.81 bits per heavy atom. The van der Waals surface area contributed by atoms with Crippen LogP contribution in [-0.2, 0) is 0 Å². The molecule has 21 heavy (non-hydrogen) atoms. The van der Waals surface area contributed by atoms with E-state index >= 15 is 0 Å². The predicted octanol–water partition coefficient (Wildman–Crippen LogP) is 3.09. The molecule has 0 amide bonds. The van der Waals surface area contributed by atoms with Gasteiger partial charge in [0.1, 0.15) is 0 Å². The highest BCUT2D eigenvalue weighted by atomic mass is 15.2. The highest BCUT2D eigenvalue weighted by Gasteiger charge is 2.37. The molecular formula is C18H37N3. The maximum absolute atomic E-state index is 6.26. The largest absolute Gasteiger partial charge is 0.329 e. The lowest BCUT2D eigenvalue weighted by molar-refractivity contribution is 0.0415. The quantitative estimate of drug-likeness (QED) is 0.747. The molecule has 2 N–H and O–H groups in total. The van der Waals surface area contributed by atoms with Gasteiger partial charge in [-0.25, -0.2) is 0 Å². The van der Waals surface area contributed by atoms with Gasteiger partial charge in [0.15, 0.2) is 0 Å². The first kappa shape index (κ1) is 17.2. The van der Waals surface area contributed by atoms with Crippen LogP contribution in [0, 0.1) is 5.92 Å². The van der Waals surface area contributed by atoms with Crippen LogP contribution in [0.25, 0.3) is 0 Å². The molecule has 0 aromatic heterocycles. The average molecular weight is 296 g/mol.